The Morgan fingerprint density at radius 1 is 1.00 bits per heavy atom. The zero-order valence-electron chi connectivity index (χ0n) is 15.6. The smallest absolute Gasteiger partial charge is 0.254 e. The number of carbonyl (C=O) groups excluding carboxylic acids is 1. The van der Waals surface area contributed by atoms with Gasteiger partial charge in [-0.15, -0.1) is 0 Å². The molecule has 1 aromatic rings. The van der Waals surface area contributed by atoms with Crippen molar-refractivity contribution in [1.29, 1.82) is 0 Å². The van der Waals surface area contributed by atoms with Crippen LogP contribution >= 0.6 is 0 Å². The third-order valence-electron chi connectivity index (χ3n) is 5.99. The van der Waals surface area contributed by atoms with Gasteiger partial charge in [-0.25, -0.2) is 4.98 Å². The first-order chi connectivity index (χ1) is 12.8. The summed E-state index contributed by atoms with van der Waals surface area (Å²) in [6.45, 7) is 6.93. The van der Waals surface area contributed by atoms with E-state index in [1.807, 2.05) is 17.0 Å². The summed E-state index contributed by atoms with van der Waals surface area (Å²) >= 11 is 0. The van der Waals surface area contributed by atoms with Gasteiger partial charge in [-0.3, -0.25) is 9.69 Å². The minimum Gasteiger partial charge on any atom is -0.378 e. The molecule has 1 amide bonds. The van der Waals surface area contributed by atoms with E-state index in [0.717, 1.165) is 37.1 Å². The second kappa shape index (κ2) is 8.35. The van der Waals surface area contributed by atoms with Crippen molar-refractivity contribution >= 4 is 11.7 Å². The van der Waals surface area contributed by atoms with Gasteiger partial charge >= 0.3 is 0 Å². The van der Waals surface area contributed by atoms with Gasteiger partial charge in [0.15, 0.2) is 0 Å². The third kappa shape index (κ3) is 4.01. The summed E-state index contributed by atoms with van der Waals surface area (Å²) in [5, 5.41) is 0. The van der Waals surface area contributed by atoms with Crippen molar-refractivity contribution in [2.45, 2.75) is 38.1 Å². The molecular formula is C20H30N4O2. The number of pyridine rings is 1. The number of hydrogen-bond acceptors (Lipinski definition) is 5. The Hall–Kier alpha value is -1.66. The molecule has 26 heavy (non-hydrogen) atoms. The van der Waals surface area contributed by atoms with Crippen molar-refractivity contribution in [1.82, 2.24) is 14.8 Å². The predicted molar refractivity (Wildman–Crippen MR) is 102 cm³/mol. The number of hydrogen-bond donors (Lipinski definition) is 0. The Labute approximate surface area is 156 Å². The maximum atomic E-state index is 12.7. The number of aromatic nitrogens is 1. The number of anilines is 1. The fourth-order valence-corrected chi connectivity index (χ4v) is 4.47. The molecule has 0 bridgehead atoms. The lowest BCUT2D eigenvalue weighted by Gasteiger charge is -2.28. The van der Waals surface area contributed by atoms with E-state index in [2.05, 4.69) is 14.8 Å². The Morgan fingerprint density at radius 3 is 2.62 bits per heavy atom. The van der Waals surface area contributed by atoms with Crippen LogP contribution in [0.4, 0.5) is 5.82 Å². The zero-order valence-corrected chi connectivity index (χ0v) is 15.6. The molecule has 6 heteroatoms. The molecule has 1 saturated carbocycles. The highest BCUT2D eigenvalue weighted by atomic mass is 16.5. The van der Waals surface area contributed by atoms with Crippen molar-refractivity contribution in [2.24, 2.45) is 0 Å². The van der Waals surface area contributed by atoms with Crippen LogP contribution in [0.1, 0.15) is 42.5 Å². The van der Waals surface area contributed by atoms with Crippen molar-refractivity contribution in [3.05, 3.63) is 23.9 Å². The van der Waals surface area contributed by atoms with Gasteiger partial charge in [0, 0.05) is 57.1 Å². The summed E-state index contributed by atoms with van der Waals surface area (Å²) in [5.74, 6) is 1.04. The van der Waals surface area contributed by atoms with E-state index in [4.69, 9.17) is 4.74 Å². The summed E-state index contributed by atoms with van der Waals surface area (Å²) in [6.07, 6.45) is 8.45. The predicted octanol–water partition coefficient (Wildman–Crippen LogP) is 2.01. The minimum absolute atomic E-state index is 0.0966. The van der Waals surface area contributed by atoms with Crippen LogP contribution < -0.4 is 4.90 Å². The van der Waals surface area contributed by atoms with E-state index in [1.54, 1.807) is 6.20 Å². The van der Waals surface area contributed by atoms with Crippen molar-refractivity contribution < 1.29 is 9.53 Å². The second-order valence-corrected chi connectivity index (χ2v) is 7.62. The maximum absolute atomic E-state index is 12.7. The lowest BCUT2D eigenvalue weighted by atomic mass is 10.2. The van der Waals surface area contributed by atoms with Crippen LogP contribution in [0.2, 0.25) is 0 Å². The van der Waals surface area contributed by atoms with Crippen LogP contribution in [-0.2, 0) is 4.74 Å². The highest BCUT2D eigenvalue weighted by Crippen LogP contribution is 2.25. The molecule has 0 atom stereocenters. The third-order valence-corrected chi connectivity index (χ3v) is 5.99. The van der Waals surface area contributed by atoms with Crippen molar-refractivity contribution in [3.63, 3.8) is 0 Å². The highest BCUT2D eigenvalue weighted by Gasteiger charge is 2.25. The van der Waals surface area contributed by atoms with Gasteiger partial charge in [0.1, 0.15) is 5.82 Å². The van der Waals surface area contributed by atoms with Gasteiger partial charge in [0.2, 0.25) is 0 Å². The molecule has 0 aromatic carbocycles. The molecule has 0 radical (unpaired) electrons. The normalized spacial score (nSPS) is 23.2. The Bertz CT molecular complexity index is 612. The van der Waals surface area contributed by atoms with E-state index >= 15 is 0 Å². The summed E-state index contributed by atoms with van der Waals surface area (Å²) in [6, 6.07) is 4.60. The van der Waals surface area contributed by atoms with E-state index < -0.39 is 0 Å². The van der Waals surface area contributed by atoms with Gasteiger partial charge in [0.25, 0.3) is 5.91 Å². The molecule has 0 spiro atoms. The fourth-order valence-electron chi connectivity index (χ4n) is 4.47. The van der Waals surface area contributed by atoms with Gasteiger partial charge in [-0.05, 0) is 31.4 Å². The Balaban J connectivity index is 1.41. The van der Waals surface area contributed by atoms with Gasteiger partial charge < -0.3 is 14.5 Å². The molecule has 2 aliphatic heterocycles. The maximum Gasteiger partial charge on any atom is 0.254 e. The van der Waals surface area contributed by atoms with Crippen LogP contribution in [0, 0.1) is 0 Å². The molecule has 142 valence electrons. The molecule has 4 rings (SSSR count). The Morgan fingerprint density at radius 2 is 1.81 bits per heavy atom. The molecule has 1 aromatic heterocycles. The minimum atomic E-state index is 0.0966. The van der Waals surface area contributed by atoms with E-state index in [9.17, 15) is 4.79 Å². The molecule has 0 N–H and O–H groups in total. The van der Waals surface area contributed by atoms with Crippen LogP contribution in [0.25, 0.3) is 0 Å². The number of morpholine rings is 1. The van der Waals surface area contributed by atoms with E-state index in [1.165, 1.54) is 38.6 Å². The summed E-state index contributed by atoms with van der Waals surface area (Å²) in [7, 11) is 0. The van der Waals surface area contributed by atoms with Crippen molar-refractivity contribution in [2.75, 3.05) is 57.4 Å². The first kappa shape index (κ1) is 17.7. The molecule has 3 aliphatic rings. The molecule has 1 aliphatic carbocycles. The monoisotopic (exact) mass is 358 g/mol. The molecule has 3 heterocycles. The highest BCUT2D eigenvalue weighted by molar-refractivity contribution is 5.94. The summed E-state index contributed by atoms with van der Waals surface area (Å²) in [5.41, 5.74) is 0.744. The summed E-state index contributed by atoms with van der Waals surface area (Å²) in [4.78, 5) is 24.2. The Kier molecular flexibility index (Phi) is 5.70. The number of ether oxygens (including phenoxy) is 1. The summed E-state index contributed by atoms with van der Waals surface area (Å²) < 4.78 is 5.35. The molecule has 2 saturated heterocycles. The van der Waals surface area contributed by atoms with Crippen LogP contribution in [0.5, 0.6) is 0 Å². The van der Waals surface area contributed by atoms with E-state index in [-0.39, 0.29) is 5.91 Å². The fraction of sp³-hybridized carbons (Fsp3) is 0.700. The number of carbonyl (C=O) groups is 1. The van der Waals surface area contributed by atoms with Crippen LogP contribution in [-0.4, -0.2) is 79.2 Å². The largest absolute Gasteiger partial charge is 0.378 e. The van der Waals surface area contributed by atoms with Gasteiger partial charge in [-0.1, -0.05) is 12.8 Å². The van der Waals surface area contributed by atoms with E-state index in [0.29, 0.717) is 26.3 Å². The lowest BCUT2D eigenvalue weighted by molar-refractivity contribution is 0.0303. The topological polar surface area (TPSA) is 48.9 Å². The number of rotatable bonds is 3. The molecular weight excluding hydrogens is 328 g/mol. The van der Waals surface area contributed by atoms with Crippen LogP contribution in [0.3, 0.4) is 0 Å². The van der Waals surface area contributed by atoms with Gasteiger partial charge in [-0.2, -0.15) is 0 Å². The quantitative estimate of drug-likeness (QED) is 0.827. The molecule has 0 unspecified atom stereocenters. The number of nitrogens with zero attached hydrogens (tertiary/aromatic N) is 4. The standard InChI is InChI=1S/C20H30N4O2/c25-20(24-12-14-26-15-13-24)17-6-7-21-19(16-17)23-9-3-8-22(10-11-23)18-4-1-2-5-18/h6-7,16,18H,1-5,8-15H2. The SMILES string of the molecule is O=C(c1ccnc(N2CCCN(C3CCCC3)CC2)c1)N1CCOCC1. The van der Waals surface area contributed by atoms with Crippen LogP contribution in [0.15, 0.2) is 18.3 Å². The zero-order chi connectivity index (χ0) is 17.8. The van der Waals surface area contributed by atoms with Gasteiger partial charge in [0.05, 0.1) is 13.2 Å². The van der Waals surface area contributed by atoms with Crippen molar-refractivity contribution in [3.8, 4) is 0 Å². The molecule has 6 nitrogen and oxygen atoms in total. The second-order valence-electron chi connectivity index (χ2n) is 7.62. The molecule has 3 fully saturated rings. The average molecular weight is 358 g/mol. The lowest BCUT2D eigenvalue weighted by Crippen LogP contribution is -2.40. The first-order valence-electron chi connectivity index (χ1n) is 10.1. The number of amides is 1. The average Bonchev–Trinajstić information content (AvgIpc) is 3.13. The first-order valence-corrected chi connectivity index (χ1v) is 10.1.